The predicted octanol–water partition coefficient (Wildman–Crippen LogP) is 4.18. The number of benzene rings is 2. The molecule has 0 heterocycles. The Kier molecular flexibility index (Phi) is 9.70. The molecule has 170 valence electrons. The lowest BCUT2D eigenvalue weighted by molar-refractivity contribution is 0.270. The van der Waals surface area contributed by atoms with Gasteiger partial charge in [0.2, 0.25) is 0 Å². The number of ether oxygens (including phenoxy) is 3. The van der Waals surface area contributed by atoms with E-state index >= 15 is 0 Å². The van der Waals surface area contributed by atoms with Gasteiger partial charge in [0.15, 0.2) is 23.1 Å². The molecule has 0 unspecified atom stereocenters. The molecule has 0 bridgehead atoms. The molecule has 0 aliphatic rings. The molecule has 0 aliphatic heterocycles. The largest absolute Gasteiger partial charge is 0.493 e. The first-order chi connectivity index (χ1) is 14.7. The van der Waals surface area contributed by atoms with Crippen molar-refractivity contribution in [1.82, 2.24) is 0 Å². The number of amidine groups is 1. The first-order valence-electron chi connectivity index (χ1n) is 9.34. The number of para-hydroxylation sites is 2. The molecule has 0 saturated carbocycles. The summed E-state index contributed by atoms with van der Waals surface area (Å²) in [6.07, 6.45) is 2.47. The summed E-state index contributed by atoms with van der Waals surface area (Å²) >= 11 is 12.4. The highest BCUT2D eigenvalue weighted by Gasteiger charge is 2.13. The van der Waals surface area contributed by atoms with E-state index in [2.05, 4.69) is 4.99 Å². The fourth-order valence-electron chi connectivity index (χ4n) is 2.56. The molecular formula is C20H24Cl2N2O6S. The monoisotopic (exact) mass is 490 g/mol. The van der Waals surface area contributed by atoms with Crippen LogP contribution in [0, 0.1) is 0 Å². The van der Waals surface area contributed by atoms with Crippen molar-refractivity contribution in [2.75, 3.05) is 26.2 Å². The lowest BCUT2D eigenvalue weighted by Crippen LogP contribution is -2.16. The zero-order valence-corrected chi connectivity index (χ0v) is 19.2. The molecular weight excluding hydrogens is 467 g/mol. The van der Waals surface area contributed by atoms with Crippen molar-refractivity contribution in [1.29, 1.82) is 0 Å². The third-order valence-electron chi connectivity index (χ3n) is 4.05. The standard InChI is InChI=1S/C20H24Cl2N2O6S/c1-28-17-7-3-4-8-18(17)29-9-5-2-6-10-30-19-15(21)11-14(12-16(19)22)20(23)24-13-31(25,26)27/h3-4,7-8,11-12H,2,5-6,9-10,13H2,1H3,(H2,23,24)(H,25,26,27). The van der Waals surface area contributed by atoms with Crippen molar-refractivity contribution in [3.8, 4) is 17.2 Å². The number of hydrogen-bond donors (Lipinski definition) is 2. The first kappa shape index (κ1) is 25.1. The molecule has 0 spiro atoms. The topological polar surface area (TPSA) is 120 Å². The highest BCUT2D eigenvalue weighted by atomic mass is 35.5. The van der Waals surface area contributed by atoms with Gasteiger partial charge in [-0.15, -0.1) is 0 Å². The van der Waals surface area contributed by atoms with Crippen molar-refractivity contribution in [3.05, 3.63) is 52.0 Å². The summed E-state index contributed by atoms with van der Waals surface area (Å²) in [4.78, 5) is 3.59. The highest BCUT2D eigenvalue weighted by Crippen LogP contribution is 2.34. The van der Waals surface area contributed by atoms with Crippen LogP contribution in [0.4, 0.5) is 0 Å². The third kappa shape index (κ3) is 8.45. The summed E-state index contributed by atoms with van der Waals surface area (Å²) in [6, 6.07) is 10.4. The SMILES string of the molecule is COc1ccccc1OCCCCCOc1c(Cl)cc(C(N)=NCS(=O)(=O)O)cc1Cl. The van der Waals surface area contributed by atoms with Crippen LogP contribution in [-0.4, -0.2) is 45.0 Å². The molecule has 2 aromatic rings. The Morgan fingerprint density at radius 1 is 1.03 bits per heavy atom. The van der Waals surface area contributed by atoms with Crippen molar-refractivity contribution in [2.24, 2.45) is 10.7 Å². The smallest absolute Gasteiger partial charge is 0.285 e. The Morgan fingerprint density at radius 3 is 2.19 bits per heavy atom. The molecule has 8 nitrogen and oxygen atoms in total. The normalized spacial score (nSPS) is 11.9. The van der Waals surface area contributed by atoms with Gasteiger partial charge in [-0.25, -0.2) is 4.99 Å². The highest BCUT2D eigenvalue weighted by molar-refractivity contribution is 7.85. The molecule has 11 heteroatoms. The van der Waals surface area contributed by atoms with Crippen molar-refractivity contribution in [3.63, 3.8) is 0 Å². The molecule has 2 aromatic carbocycles. The van der Waals surface area contributed by atoms with E-state index in [1.165, 1.54) is 12.1 Å². The van der Waals surface area contributed by atoms with E-state index in [4.69, 9.17) is 47.7 Å². The number of aliphatic imine (C=N–C) groups is 1. The van der Waals surface area contributed by atoms with Gasteiger partial charge in [0, 0.05) is 5.56 Å². The van der Waals surface area contributed by atoms with Crippen molar-refractivity contribution in [2.45, 2.75) is 19.3 Å². The van der Waals surface area contributed by atoms with Gasteiger partial charge in [-0.2, -0.15) is 8.42 Å². The van der Waals surface area contributed by atoms with E-state index in [1.54, 1.807) is 7.11 Å². The molecule has 0 fully saturated rings. The number of nitrogens with two attached hydrogens (primary N) is 1. The van der Waals surface area contributed by atoms with Crippen molar-refractivity contribution < 1.29 is 27.2 Å². The minimum Gasteiger partial charge on any atom is -0.493 e. The van der Waals surface area contributed by atoms with Gasteiger partial charge in [-0.1, -0.05) is 35.3 Å². The van der Waals surface area contributed by atoms with Gasteiger partial charge >= 0.3 is 0 Å². The Morgan fingerprint density at radius 2 is 1.61 bits per heavy atom. The van der Waals surface area contributed by atoms with Crippen LogP contribution in [0.1, 0.15) is 24.8 Å². The second-order valence-electron chi connectivity index (χ2n) is 6.43. The van der Waals surface area contributed by atoms with E-state index < -0.39 is 16.0 Å². The molecule has 2 rings (SSSR count). The number of hydrogen-bond acceptors (Lipinski definition) is 6. The molecule has 3 N–H and O–H groups in total. The second kappa shape index (κ2) is 12.0. The van der Waals surface area contributed by atoms with Crippen LogP contribution in [0.2, 0.25) is 10.0 Å². The second-order valence-corrected chi connectivity index (χ2v) is 8.67. The summed E-state index contributed by atoms with van der Waals surface area (Å²) < 4.78 is 46.9. The number of nitrogens with zero attached hydrogens (tertiary/aromatic N) is 1. The molecule has 0 aromatic heterocycles. The molecule has 0 aliphatic carbocycles. The van der Waals surface area contributed by atoms with Crippen LogP contribution in [0.15, 0.2) is 41.4 Å². The van der Waals surface area contributed by atoms with Crippen LogP contribution < -0.4 is 19.9 Å². The summed E-state index contributed by atoms with van der Waals surface area (Å²) in [5.74, 6) is 0.733. The maximum absolute atomic E-state index is 10.8. The van der Waals surface area contributed by atoms with Gasteiger partial charge in [0.05, 0.1) is 30.4 Å². The van der Waals surface area contributed by atoms with E-state index in [0.717, 1.165) is 19.3 Å². The maximum Gasteiger partial charge on any atom is 0.285 e. The van der Waals surface area contributed by atoms with Crippen LogP contribution in [0.3, 0.4) is 0 Å². The number of unbranched alkanes of at least 4 members (excludes halogenated alkanes) is 2. The molecule has 0 radical (unpaired) electrons. The Hall–Kier alpha value is -2.20. The molecule has 0 saturated heterocycles. The van der Waals surface area contributed by atoms with E-state index in [0.29, 0.717) is 36.0 Å². The van der Waals surface area contributed by atoms with Gasteiger partial charge < -0.3 is 19.9 Å². The van der Waals surface area contributed by atoms with Crippen LogP contribution >= 0.6 is 23.2 Å². The third-order valence-corrected chi connectivity index (χ3v) is 5.07. The molecule has 0 amide bonds. The van der Waals surface area contributed by atoms with Crippen molar-refractivity contribution >= 4 is 39.2 Å². The molecule has 31 heavy (non-hydrogen) atoms. The predicted molar refractivity (Wildman–Crippen MR) is 121 cm³/mol. The zero-order valence-electron chi connectivity index (χ0n) is 16.9. The lowest BCUT2D eigenvalue weighted by atomic mass is 10.2. The number of rotatable bonds is 12. The maximum atomic E-state index is 10.8. The zero-order chi connectivity index (χ0) is 22.9. The summed E-state index contributed by atoms with van der Waals surface area (Å²) in [5.41, 5.74) is 6.03. The fourth-order valence-corrected chi connectivity index (χ4v) is 3.46. The number of halogens is 2. The van der Waals surface area contributed by atoms with Gasteiger partial charge in [-0.3, -0.25) is 4.55 Å². The molecule has 0 atom stereocenters. The van der Waals surface area contributed by atoms with Crippen LogP contribution in [0.25, 0.3) is 0 Å². The Labute approximate surface area is 191 Å². The van der Waals surface area contributed by atoms with Crippen LogP contribution in [-0.2, 0) is 10.1 Å². The van der Waals surface area contributed by atoms with E-state index in [9.17, 15) is 8.42 Å². The van der Waals surface area contributed by atoms with Gasteiger partial charge in [-0.05, 0) is 43.5 Å². The summed E-state index contributed by atoms with van der Waals surface area (Å²) in [7, 11) is -2.67. The van der Waals surface area contributed by atoms with E-state index in [1.807, 2.05) is 24.3 Å². The minimum atomic E-state index is -4.27. The average molecular weight is 491 g/mol. The number of methoxy groups -OCH3 is 1. The van der Waals surface area contributed by atoms with Crippen LogP contribution in [0.5, 0.6) is 17.2 Å². The lowest BCUT2D eigenvalue weighted by Gasteiger charge is -2.12. The first-order valence-corrected chi connectivity index (χ1v) is 11.7. The quantitative estimate of drug-likeness (QED) is 0.198. The summed E-state index contributed by atoms with van der Waals surface area (Å²) in [6.45, 7) is 0.957. The minimum absolute atomic E-state index is 0.122. The summed E-state index contributed by atoms with van der Waals surface area (Å²) in [5, 5.41) is 0.430. The Balaban J connectivity index is 1.79. The average Bonchev–Trinajstić information content (AvgIpc) is 2.72. The van der Waals surface area contributed by atoms with E-state index in [-0.39, 0.29) is 15.9 Å². The van der Waals surface area contributed by atoms with Gasteiger partial charge in [0.25, 0.3) is 10.1 Å². The van der Waals surface area contributed by atoms with Gasteiger partial charge in [0.1, 0.15) is 5.84 Å². The fraction of sp³-hybridized carbons (Fsp3) is 0.350. The Bertz CT molecular complexity index is 991.